The molecule has 1 aliphatic rings. The maximum absolute atomic E-state index is 9.49. The van der Waals surface area contributed by atoms with Gasteiger partial charge in [0.15, 0.2) is 5.82 Å². The number of aromatic amines is 1. The molecule has 3 N–H and O–H groups in total. The van der Waals surface area contributed by atoms with E-state index >= 15 is 0 Å². The number of halogens is 1. The van der Waals surface area contributed by atoms with Crippen molar-refractivity contribution in [2.24, 2.45) is 0 Å². The van der Waals surface area contributed by atoms with E-state index in [2.05, 4.69) is 32.8 Å². The first-order chi connectivity index (χ1) is 13.2. The molecule has 1 aliphatic heterocycles. The van der Waals surface area contributed by atoms with Crippen molar-refractivity contribution in [1.82, 2.24) is 19.9 Å². The highest BCUT2D eigenvalue weighted by atomic mass is 35.5. The van der Waals surface area contributed by atoms with Crippen LogP contribution >= 0.6 is 12.4 Å². The largest absolute Gasteiger partial charge is 0.463 e. The van der Waals surface area contributed by atoms with Crippen molar-refractivity contribution in [3.05, 3.63) is 11.3 Å². The molecule has 2 aromatic rings. The summed E-state index contributed by atoms with van der Waals surface area (Å²) in [4.78, 5) is 14.4. The Morgan fingerprint density at radius 3 is 2.68 bits per heavy atom. The molecule has 28 heavy (non-hydrogen) atoms. The van der Waals surface area contributed by atoms with Crippen LogP contribution in [-0.2, 0) is 6.42 Å². The number of unbranched alkanes of at least 4 members (excludes halogenated alkanes) is 3. The van der Waals surface area contributed by atoms with Crippen molar-refractivity contribution < 1.29 is 4.74 Å². The average Bonchev–Trinajstić information content (AvgIpc) is 3.30. The fraction of sp³-hybridized carbons (Fsp3) is 0.650. The molecule has 1 fully saturated rings. The SMILES string of the molecule is CCCCOc1nc(N)c2[nH]c(C#N)c(CCCCCN3CCCC3)c2n1.Cl. The van der Waals surface area contributed by atoms with Gasteiger partial charge in [0.1, 0.15) is 22.8 Å². The first-order valence-electron chi connectivity index (χ1n) is 10.2. The Bertz CT molecular complexity index is 794. The molecule has 0 amide bonds. The van der Waals surface area contributed by atoms with Gasteiger partial charge in [-0.2, -0.15) is 15.2 Å². The quantitative estimate of drug-likeness (QED) is 0.581. The first kappa shape index (κ1) is 22.3. The number of nitrogens with one attached hydrogen (secondary N) is 1. The minimum absolute atomic E-state index is 0. The molecule has 0 aliphatic carbocycles. The number of anilines is 1. The number of nitriles is 1. The predicted molar refractivity (Wildman–Crippen MR) is 114 cm³/mol. The summed E-state index contributed by atoms with van der Waals surface area (Å²) in [6.07, 6.45) is 8.86. The molecule has 0 spiro atoms. The van der Waals surface area contributed by atoms with E-state index in [0.717, 1.165) is 43.2 Å². The summed E-state index contributed by atoms with van der Waals surface area (Å²) in [6, 6.07) is 2.54. The van der Waals surface area contributed by atoms with Gasteiger partial charge in [-0.15, -0.1) is 12.4 Å². The Morgan fingerprint density at radius 2 is 1.96 bits per heavy atom. The van der Waals surface area contributed by atoms with Gasteiger partial charge in [-0.3, -0.25) is 0 Å². The normalized spacial score (nSPS) is 14.1. The topological polar surface area (TPSA) is 104 Å². The minimum atomic E-state index is 0. The number of hydrogen-bond donors (Lipinski definition) is 2. The Labute approximate surface area is 173 Å². The van der Waals surface area contributed by atoms with Gasteiger partial charge in [0.05, 0.1) is 6.61 Å². The third-order valence-electron chi connectivity index (χ3n) is 5.19. The van der Waals surface area contributed by atoms with Crippen molar-refractivity contribution in [2.75, 3.05) is 32.0 Å². The lowest BCUT2D eigenvalue weighted by Crippen LogP contribution is -2.20. The molecule has 2 aromatic heterocycles. The highest BCUT2D eigenvalue weighted by molar-refractivity contribution is 5.89. The summed E-state index contributed by atoms with van der Waals surface area (Å²) in [5.74, 6) is 0.336. The van der Waals surface area contributed by atoms with E-state index < -0.39 is 0 Å². The predicted octanol–water partition coefficient (Wildman–Crippen LogP) is 3.82. The maximum atomic E-state index is 9.49. The molecule has 1 saturated heterocycles. The van der Waals surface area contributed by atoms with E-state index in [0.29, 0.717) is 29.6 Å². The van der Waals surface area contributed by atoms with E-state index in [9.17, 15) is 5.26 Å². The Balaban J connectivity index is 0.00000280. The second-order valence-electron chi connectivity index (χ2n) is 7.27. The van der Waals surface area contributed by atoms with Crippen molar-refractivity contribution >= 4 is 29.3 Å². The van der Waals surface area contributed by atoms with Crippen LogP contribution in [0.25, 0.3) is 11.0 Å². The zero-order chi connectivity index (χ0) is 19.1. The van der Waals surface area contributed by atoms with Gasteiger partial charge in [0, 0.05) is 5.56 Å². The van der Waals surface area contributed by atoms with Gasteiger partial charge in [0.2, 0.25) is 0 Å². The summed E-state index contributed by atoms with van der Waals surface area (Å²) in [5, 5.41) is 9.49. The monoisotopic (exact) mass is 406 g/mol. The van der Waals surface area contributed by atoms with Gasteiger partial charge < -0.3 is 20.4 Å². The summed E-state index contributed by atoms with van der Waals surface area (Å²) in [5.41, 5.74) is 8.91. The van der Waals surface area contributed by atoms with Crippen LogP contribution in [0.1, 0.15) is 63.1 Å². The lowest BCUT2D eigenvalue weighted by Gasteiger charge is -2.13. The maximum Gasteiger partial charge on any atom is 0.319 e. The Morgan fingerprint density at radius 1 is 1.18 bits per heavy atom. The van der Waals surface area contributed by atoms with Crippen molar-refractivity contribution in [2.45, 2.75) is 58.3 Å². The van der Waals surface area contributed by atoms with Crippen molar-refractivity contribution in [3.8, 4) is 12.1 Å². The lowest BCUT2D eigenvalue weighted by atomic mass is 10.1. The van der Waals surface area contributed by atoms with Gasteiger partial charge in [-0.1, -0.05) is 19.8 Å². The molecule has 0 aromatic carbocycles. The Kier molecular flexibility index (Phi) is 8.81. The summed E-state index contributed by atoms with van der Waals surface area (Å²) in [6.45, 7) is 6.36. The van der Waals surface area contributed by atoms with Gasteiger partial charge in [0.25, 0.3) is 0 Å². The van der Waals surface area contributed by atoms with Gasteiger partial charge >= 0.3 is 6.01 Å². The third-order valence-corrected chi connectivity index (χ3v) is 5.19. The number of ether oxygens (including phenoxy) is 1. The third kappa shape index (κ3) is 5.49. The second kappa shape index (κ2) is 11.1. The molecule has 0 radical (unpaired) electrons. The van der Waals surface area contributed by atoms with Crippen molar-refractivity contribution in [3.63, 3.8) is 0 Å². The van der Waals surface area contributed by atoms with Gasteiger partial charge in [-0.25, -0.2) is 0 Å². The minimum Gasteiger partial charge on any atom is -0.463 e. The highest BCUT2D eigenvalue weighted by Gasteiger charge is 2.17. The Hall–Kier alpha value is -2.04. The van der Waals surface area contributed by atoms with Crippen LogP contribution in [0.15, 0.2) is 0 Å². The molecule has 3 heterocycles. The molecular formula is C20H31ClN6O. The van der Waals surface area contributed by atoms with E-state index in [1.807, 2.05) is 0 Å². The average molecular weight is 407 g/mol. The molecule has 0 atom stereocenters. The van der Waals surface area contributed by atoms with Crippen LogP contribution < -0.4 is 10.5 Å². The molecule has 0 bridgehead atoms. The number of fused-ring (bicyclic) bond motifs is 1. The second-order valence-corrected chi connectivity index (χ2v) is 7.27. The van der Waals surface area contributed by atoms with E-state index in [4.69, 9.17) is 10.5 Å². The number of likely N-dealkylation sites (tertiary alicyclic amines) is 1. The molecule has 8 heteroatoms. The summed E-state index contributed by atoms with van der Waals surface area (Å²) in [7, 11) is 0. The molecule has 154 valence electrons. The van der Waals surface area contributed by atoms with Crippen LogP contribution in [0.4, 0.5) is 5.82 Å². The first-order valence-corrected chi connectivity index (χ1v) is 10.2. The lowest BCUT2D eigenvalue weighted by molar-refractivity contribution is 0.287. The summed E-state index contributed by atoms with van der Waals surface area (Å²) < 4.78 is 5.63. The molecule has 0 saturated carbocycles. The van der Waals surface area contributed by atoms with E-state index in [-0.39, 0.29) is 12.4 Å². The number of aryl methyl sites for hydroxylation is 1. The zero-order valence-electron chi connectivity index (χ0n) is 16.7. The number of hydrogen-bond acceptors (Lipinski definition) is 6. The van der Waals surface area contributed by atoms with Crippen LogP contribution in [0.2, 0.25) is 0 Å². The highest BCUT2D eigenvalue weighted by Crippen LogP contribution is 2.27. The summed E-state index contributed by atoms with van der Waals surface area (Å²) >= 11 is 0. The number of rotatable bonds is 10. The van der Waals surface area contributed by atoms with Crippen LogP contribution in [0.3, 0.4) is 0 Å². The fourth-order valence-corrected chi connectivity index (χ4v) is 3.65. The standard InChI is InChI=1S/C20H30N6O.ClH/c1-2-3-13-27-20-24-17-15(16(14-21)23-18(17)19(22)25-20)9-5-4-6-10-26-11-7-8-12-26;/h23H,2-13H2,1H3,(H2,22,24,25);1H. The fourth-order valence-electron chi connectivity index (χ4n) is 3.65. The number of aromatic nitrogens is 3. The van der Waals surface area contributed by atoms with Gasteiger partial charge in [-0.05, 0) is 58.2 Å². The number of H-pyrrole nitrogens is 1. The van der Waals surface area contributed by atoms with Crippen LogP contribution in [0, 0.1) is 11.3 Å². The molecule has 3 rings (SSSR count). The zero-order valence-corrected chi connectivity index (χ0v) is 17.5. The molecule has 0 unspecified atom stereocenters. The number of nitrogens with zero attached hydrogens (tertiary/aromatic N) is 4. The van der Waals surface area contributed by atoms with Crippen LogP contribution in [0.5, 0.6) is 6.01 Å². The number of nitrogen functional groups attached to an aromatic ring is 1. The van der Waals surface area contributed by atoms with E-state index in [1.165, 1.54) is 38.9 Å². The number of nitrogens with two attached hydrogens (primary N) is 1. The smallest absolute Gasteiger partial charge is 0.319 e. The molecule has 7 nitrogen and oxygen atoms in total. The van der Waals surface area contributed by atoms with E-state index in [1.54, 1.807) is 0 Å². The van der Waals surface area contributed by atoms with Crippen LogP contribution in [-0.4, -0.2) is 46.1 Å². The molecular weight excluding hydrogens is 376 g/mol. The van der Waals surface area contributed by atoms with Crippen molar-refractivity contribution in [1.29, 1.82) is 5.26 Å².